The van der Waals surface area contributed by atoms with E-state index in [0.717, 1.165) is 83.2 Å². The van der Waals surface area contributed by atoms with Crippen LogP contribution in [0.25, 0.3) is 122 Å². The van der Waals surface area contributed by atoms with Crippen LogP contribution in [-0.2, 0) is 0 Å². The molecule has 0 amide bonds. The molecule has 0 aliphatic rings. The average Bonchev–Trinajstić information content (AvgIpc) is 4.02. The summed E-state index contributed by atoms with van der Waals surface area (Å²) in [7, 11) is 0. The zero-order valence-electron chi connectivity index (χ0n) is 33.9. The second kappa shape index (κ2) is 14.0. The summed E-state index contributed by atoms with van der Waals surface area (Å²) < 4.78 is 11.1. The highest BCUT2D eigenvalue weighted by Crippen LogP contribution is 2.39. The number of furan rings is 1. The number of benzene rings is 9. The van der Waals surface area contributed by atoms with Gasteiger partial charge in [0, 0.05) is 65.9 Å². The van der Waals surface area contributed by atoms with Crippen molar-refractivity contribution in [3.63, 3.8) is 0 Å². The Morgan fingerprint density at radius 2 is 0.714 bits per heavy atom. The van der Waals surface area contributed by atoms with Gasteiger partial charge in [-0.2, -0.15) is 0 Å². The summed E-state index contributed by atoms with van der Waals surface area (Å²) in [6.45, 7) is 0. The first-order valence-electron chi connectivity index (χ1n) is 21.2. The summed E-state index contributed by atoms with van der Waals surface area (Å²) in [5.41, 5.74) is 13.1. The lowest BCUT2D eigenvalue weighted by atomic mass is 10.0. The van der Waals surface area contributed by atoms with E-state index in [2.05, 4.69) is 191 Å². The average molecular weight is 806 g/mol. The quantitative estimate of drug-likeness (QED) is 0.168. The Bertz CT molecular complexity index is 3680. The predicted octanol–water partition coefficient (Wildman–Crippen LogP) is 14.6. The Kier molecular flexibility index (Phi) is 7.80. The molecule has 4 aromatic heterocycles. The van der Waals surface area contributed by atoms with Gasteiger partial charge in [0.15, 0.2) is 17.5 Å². The Balaban J connectivity index is 1.04. The van der Waals surface area contributed by atoms with Gasteiger partial charge in [0.05, 0.1) is 22.1 Å². The van der Waals surface area contributed by atoms with Crippen molar-refractivity contribution < 1.29 is 4.42 Å². The molecule has 0 spiro atoms. The molecular formula is C57H35N5O. The van der Waals surface area contributed by atoms with Gasteiger partial charge in [-0.1, -0.05) is 164 Å². The third-order valence-corrected chi connectivity index (χ3v) is 12.4. The largest absolute Gasteiger partial charge is 0.455 e. The number of nitrogens with zero attached hydrogens (tertiary/aromatic N) is 5. The molecule has 0 radical (unpaired) electrons. The van der Waals surface area contributed by atoms with Crippen molar-refractivity contribution in [3.8, 4) is 56.7 Å². The van der Waals surface area contributed by atoms with E-state index in [9.17, 15) is 0 Å². The molecule has 13 aromatic rings. The van der Waals surface area contributed by atoms with Crippen LogP contribution in [0.5, 0.6) is 0 Å². The molecule has 294 valence electrons. The van der Waals surface area contributed by atoms with E-state index in [4.69, 9.17) is 19.4 Å². The van der Waals surface area contributed by atoms with Crippen LogP contribution in [0, 0.1) is 0 Å². The number of hydrogen-bond donors (Lipinski definition) is 0. The molecule has 0 bridgehead atoms. The van der Waals surface area contributed by atoms with Crippen molar-refractivity contribution >= 4 is 65.6 Å². The molecule has 9 aromatic carbocycles. The monoisotopic (exact) mass is 805 g/mol. The van der Waals surface area contributed by atoms with E-state index in [1.165, 1.54) is 21.5 Å². The van der Waals surface area contributed by atoms with E-state index >= 15 is 0 Å². The van der Waals surface area contributed by atoms with E-state index in [1.807, 2.05) is 30.3 Å². The smallest absolute Gasteiger partial charge is 0.164 e. The normalized spacial score (nSPS) is 11.8. The molecule has 0 aliphatic heterocycles. The van der Waals surface area contributed by atoms with Crippen molar-refractivity contribution in [2.75, 3.05) is 0 Å². The van der Waals surface area contributed by atoms with E-state index in [0.29, 0.717) is 17.5 Å². The van der Waals surface area contributed by atoms with Crippen molar-refractivity contribution in [2.24, 2.45) is 0 Å². The molecule has 6 nitrogen and oxygen atoms in total. The van der Waals surface area contributed by atoms with Crippen LogP contribution >= 0.6 is 0 Å². The number of fused-ring (bicyclic) bond motifs is 9. The van der Waals surface area contributed by atoms with Crippen LogP contribution in [0.1, 0.15) is 0 Å². The van der Waals surface area contributed by atoms with Crippen molar-refractivity contribution in [2.45, 2.75) is 0 Å². The zero-order chi connectivity index (χ0) is 41.4. The summed E-state index contributed by atoms with van der Waals surface area (Å²) in [6, 6.07) is 74.5. The van der Waals surface area contributed by atoms with Gasteiger partial charge < -0.3 is 13.6 Å². The van der Waals surface area contributed by atoms with Gasteiger partial charge in [0.1, 0.15) is 11.2 Å². The highest BCUT2D eigenvalue weighted by atomic mass is 16.3. The molecule has 0 unspecified atom stereocenters. The van der Waals surface area contributed by atoms with Crippen LogP contribution in [-0.4, -0.2) is 24.1 Å². The maximum absolute atomic E-state index is 6.41. The fourth-order valence-electron chi connectivity index (χ4n) is 9.51. The first-order chi connectivity index (χ1) is 31.2. The summed E-state index contributed by atoms with van der Waals surface area (Å²) in [5, 5.41) is 7.01. The molecule has 0 aliphatic carbocycles. The number of rotatable bonds is 6. The van der Waals surface area contributed by atoms with E-state index in [-0.39, 0.29) is 0 Å². The van der Waals surface area contributed by atoms with Gasteiger partial charge in [-0.25, -0.2) is 15.0 Å². The lowest BCUT2D eigenvalue weighted by molar-refractivity contribution is 0.670. The molecule has 0 saturated carbocycles. The number of aromatic nitrogens is 5. The maximum Gasteiger partial charge on any atom is 0.164 e. The molecule has 13 rings (SSSR count). The molecular weight excluding hydrogens is 771 g/mol. The van der Waals surface area contributed by atoms with Crippen molar-refractivity contribution in [1.82, 2.24) is 24.1 Å². The van der Waals surface area contributed by atoms with Crippen LogP contribution in [0.4, 0.5) is 0 Å². The van der Waals surface area contributed by atoms with Gasteiger partial charge in [0.25, 0.3) is 0 Å². The summed E-state index contributed by atoms with van der Waals surface area (Å²) in [6.07, 6.45) is 0. The second-order valence-electron chi connectivity index (χ2n) is 16.0. The van der Waals surface area contributed by atoms with Gasteiger partial charge in [-0.15, -0.1) is 0 Å². The Labute approximate surface area is 361 Å². The minimum Gasteiger partial charge on any atom is -0.455 e. The standard InChI is InChI=1S/C57H35N5O/c1-2-15-37(16-3-1)55-58-56(38-31-29-36(30-32-38)42-22-14-23-48-47-21-8-13-28-53(47)63-54(42)48)60-57(59-55)39-33-40(61-49-24-9-4-17-43(49)44-18-5-10-25-50(44)61)35-41(34-39)62-51-26-11-6-19-45(51)46-20-7-12-27-52(46)62/h1-35H. The summed E-state index contributed by atoms with van der Waals surface area (Å²) in [5.74, 6) is 1.78. The lowest BCUT2D eigenvalue weighted by Crippen LogP contribution is -2.03. The first-order valence-corrected chi connectivity index (χ1v) is 21.2. The third kappa shape index (κ3) is 5.62. The highest BCUT2D eigenvalue weighted by Gasteiger charge is 2.20. The predicted molar refractivity (Wildman–Crippen MR) is 258 cm³/mol. The van der Waals surface area contributed by atoms with Gasteiger partial charge in [-0.05, 0) is 54.1 Å². The third-order valence-electron chi connectivity index (χ3n) is 12.4. The topological polar surface area (TPSA) is 61.7 Å². The zero-order valence-corrected chi connectivity index (χ0v) is 33.9. The Morgan fingerprint density at radius 3 is 1.25 bits per heavy atom. The Hall–Kier alpha value is -8.61. The van der Waals surface area contributed by atoms with Crippen LogP contribution in [0.2, 0.25) is 0 Å². The first kappa shape index (κ1) is 35.2. The molecule has 4 heterocycles. The molecule has 0 N–H and O–H groups in total. The SMILES string of the molecule is c1ccc(-c2nc(-c3ccc(-c4cccc5c4oc4ccccc45)cc3)nc(-c3cc(-n4c5ccccc5c5ccccc54)cc(-n4c5ccccc5c5ccccc54)c3)n2)cc1. The van der Waals surface area contributed by atoms with E-state index < -0.39 is 0 Å². The van der Waals surface area contributed by atoms with Gasteiger partial charge in [0.2, 0.25) is 0 Å². The fraction of sp³-hybridized carbons (Fsp3) is 0. The maximum atomic E-state index is 6.41. The van der Waals surface area contributed by atoms with Gasteiger partial charge >= 0.3 is 0 Å². The highest BCUT2D eigenvalue weighted by molar-refractivity contribution is 6.11. The fourth-order valence-corrected chi connectivity index (χ4v) is 9.51. The van der Waals surface area contributed by atoms with Crippen molar-refractivity contribution in [1.29, 1.82) is 0 Å². The van der Waals surface area contributed by atoms with Crippen LogP contribution in [0.3, 0.4) is 0 Å². The lowest BCUT2D eigenvalue weighted by Gasteiger charge is -2.16. The Morgan fingerprint density at radius 1 is 0.302 bits per heavy atom. The molecule has 0 fully saturated rings. The molecule has 6 heteroatoms. The van der Waals surface area contributed by atoms with E-state index in [1.54, 1.807) is 0 Å². The summed E-state index contributed by atoms with van der Waals surface area (Å²) >= 11 is 0. The number of para-hydroxylation sites is 6. The number of hydrogen-bond acceptors (Lipinski definition) is 4. The van der Waals surface area contributed by atoms with Gasteiger partial charge in [-0.3, -0.25) is 0 Å². The van der Waals surface area contributed by atoms with Crippen LogP contribution in [0.15, 0.2) is 217 Å². The van der Waals surface area contributed by atoms with Crippen molar-refractivity contribution in [3.05, 3.63) is 212 Å². The van der Waals surface area contributed by atoms with Crippen LogP contribution < -0.4 is 0 Å². The molecule has 0 atom stereocenters. The second-order valence-corrected chi connectivity index (χ2v) is 16.0. The molecule has 0 saturated heterocycles. The minimum absolute atomic E-state index is 0.583. The molecule has 63 heavy (non-hydrogen) atoms. The summed E-state index contributed by atoms with van der Waals surface area (Å²) in [4.78, 5) is 15.7. The minimum atomic E-state index is 0.583.